The second-order valence-electron chi connectivity index (χ2n) is 18.1. The largest absolute Gasteiger partial charge is 0.508 e. The number of unbranched alkanes of at least 4 members (excludes halogenated alkanes) is 3. The number of anilines is 1. The van der Waals surface area contributed by atoms with Crippen LogP contribution in [0.3, 0.4) is 0 Å². The number of carbonyl (C=O) groups excluding carboxylic acids is 5. The Morgan fingerprint density at radius 3 is 2.12 bits per heavy atom. The topological polar surface area (TPSA) is 189 Å². The molecule has 14 heteroatoms. The molecule has 1 aromatic heterocycles. The fourth-order valence-electron chi connectivity index (χ4n) is 10.1. The van der Waals surface area contributed by atoms with Crippen molar-refractivity contribution in [1.29, 1.82) is 0 Å². The van der Waals surface area contributed by atoms with Crippen molar-refractivity contribution < 1.29 is 43.7 Å². The zero-order valence-corrected chi connectivity index (χ0v) is 38.9. The standard InChI is InChI=1S/C55H57N5O9/c1-3-34-12-11-14-39(28-34)59(4-2)50(63)33-60-46-15-8-7-13-36(46)30-47(60)53(66)58-38-19-16-35(17-20-38)51(64)56-26-9-5-6-10-27-57-52(65)37-18-23-42-45(29-37)55(69-54(42)67)43-24-21-40(61)31-48(43)68-49-32-41(62)22-25-44(49)55/h7-8,11-15,18,21-25,28-32,35,38,61-62H,3-6,9-10,16-17,19-20,26-27,33H2,1-2H3,(H,56,64)(H,57,65)(H,58,66)/t35-,38-. The number of fused-ring (bicyclic) bond motifs is 7. The summed E-state index contributed by atoms with van der Waals surface area (Å²) in [5.41, 5.74) is 3.84. The highest BCUT2D eigenvalue weighted by Gasteiger charge is 2.54. The molecular weight excluding hydrogens is 875 g/mol. The minimum Gasteiger partial charge on any atom is -0.508 e. The van der Waals surface area contributed by atoms with Crippen molar-refractivity contribution in [2.24, 2.45) is 5.92 Å². The third kappa shape index (κ3) is 9.35. The molecule has 2 aliphatic heterocycles. The van der Waals surface area contributed by atoms with Crippen LogP contribution in [0.1, 0.15) is 119 Å². The first-order valence-corrected chi connectivity index (χ1v) is 24.0. The van der Waals surface area contributed by atoms with Gasteiger partial charge in [0, 0.05) is 82.6 Å². The fourth-order valence-corrected chi connectivity index (χ4v) is 10.1. The summed E-state index contributed by atoms with van der Waals surface area (Å²) in [5.74, 6) is -0.885. The second-order valence-corrected chi connectivity index (χ2v) is 18.1. The van der Waals surface area contributed by atoms with Crippen LogP contribution in [0.15, 0.2) is 109 Å². The third-order valence-corrected chi connectivity index (χ3v) is 13.7. The van der Waals surface area contributed by atoms with Crippen molar-refractivity contribution in [1.82, 2.24) is 20.5 Å². The van der Waals surface area contributed by atoms with E-state index in [2.05, 4.69) is 28.9 Å². The Kier molecular flexibility index (Phi) is 13.4. The number of esters is 1. The van der Waals surface area contributed by atoms with Gasteiger partial charge in [-0.05, 0) is 124 Å². The molecule has 5 N–H and O–H groups in total. The van der Waals surface area contributed by atoms with Crippen LogP contribution in [0.5, 0.6) is 23.0 Å². The lowest BCUT2D eigenvalue weighted by Crippen LogP contribution is -2.42. The number of hydrogen-bond donors (Lipinski definition) is 5. The average molecular weight is 932 g/mol. The van der Waals surface area contributed by atoms with Crippen molar-refractivity contribution in [3.05, 3.63) is 148 Å². The predicted octanol–water partition coefficient (Wildman–Crippen LogP) is 8.63. The zero-order chi connectivity index (χ0) is 48.2. The molecule has 14 nitrogen and oxygen atoms in total. The highest BCUT2D eigenvalue weighted by molar-refractivity contribution is 6.02. The van der Waals surface area contributed by atoms with E-state index in [9.17, 15) is 34.2 Å². The van der Waals surface area contributed by atoms with Crippen LogP contribution >= 0.6 is 0 Å². The first kappa shape index (κ1) is 46.5. The van der Waals surface area contributed by atoms with Crippen LogP contribution in [0, 0.1) is 5.92 Å². The number of rotatable bonds is 16. The summed E-state index contributed by atoms with van der Waals surface area (Å²) >= 11 is 0. The van der Waals surface area contributed by atoms with Gasteiger partial charge in [-0.1, -0.05) is 50.1 Å². The molecule has 9 rings (SSSR count). The number of likely N-dealkylation sites (N-methyl/N-ethyl adjacent to an activating group) is 1. The molecule has 0 saturated heterocycles. The lowest BCUT2D eigenvalue weighted by molar-refractivity contribution is -0.126. The van der Waals surface area contributed by atoms with Crippen LogP contribution in [0.2, 0.25) is 0 Å². The molecule has 0 atom stereocenters. The maximum Gasteiger partial charge on any atom is 0.340 e. The minimum absolute atomic E-state index is 0.0224. The maximum absolute atomic E-state index is 13.9. The van der Waals surface area contributed by atoms with Gasteiger partial charge in [0.15, 0.2) is 5.60 Å². The van der Waals surface area contributed by atoms with E-state index < -0.39 is 11.6 Å². The van der Waals surface area contributed by atoms with Gasteiger partial charge in [0.25, 0.3) is 11.8 Å². The van der Waals surface area contributed by atoms with E-state index >= 15 is 0 Å². The van der Waals surface area contributed by atoms with Gasteiger partial charge in [-0.15, -0.1) is 0 Å². The highest BCUT2D eigenvalue weighted by Crippen LogP contribution is 2.57. The van der Waals surface area contributed by atoms with E-state index in [4.69, 9.17) is 9.47 Å². The number of phenolic OH excluding ortho intramolecular Hbond substituents is 2. The Bertz CT molecular complexity index is 2900. The number of aryl methyl sites for hydroxylation is 1. The van der Waals surface area contributed by atoms with Crippen LogP contribution < -0.4 is 25.6 Å². The summed E-state index contributed by atoms with van der Waals surface area (Å²) in [6, 6.07) is 31.3. The van der Waals surface area contributed by atoms with Crippen molar-refractivity contribution in [2.75, 3.05) is 24.5 Å². The lowest BCUT2D eigenvalue weighted by Gasteiger charge is -2.36. The number of carbonyl (C=O) groups is 5. The number of hydrogen-bond acceptors (Lipinski definition) is 9. The van der Waals surface area contributed by atoms with E-state index in [1.165, 1.54) is 24.3 Å². The Labute approximate surface area is 400 Å². The Morgan fingerprint density at radius 1 is 0.725 bits per heavy atom. The number of para-hydroxylation sites is 1. The Balaban J connectivity index is 0.716. The number of nitrogens with one attached hydrogen (secondary N) is 3. The van der Waals surface area contributed by atoms with Gasteiger partial charge < -0.3 is 45.1 Å². The van der Waals surface area contributed by atoms with Crippen molar-refractivity contribution in [3.8, 4) is 23.0 Å². The summed E-state index contributed by atoms with van der Waals surface area (Å²) in [5, 5.41) is 30.6. The molecule has 356 valence electrons. The SMILES string of the molecule is CCc1cccc(N(CC)C(=O)Cn2c(C(=O)N[C@H]3CC[C@H](C(=O)NCCCCCCNC(=O)c4ccc5c(c4)C4(OC5=O)c5ccc(O)cc5Oc5cc(O)ccc54)CC3)cc3ccccc32)c1. The van der Waals surface area contributed by atoms with E-state index in [1.54, 1.807) is 35.2 Å². The molecule has 69 heavy (non-hydrogen) atoms. The van der Waals surface area contributed by atoms with Gasteiger partial charge in [-0.3, -0.25) is 19.2 Å². The van der Waals surface area contributed by atoms with Gasteiger partial charge in [-0.2, -0.15) is 0 Å². The molecule has 1 spiro atoms. The summed E-state index contributed by atoms with van der Waals surface area (Å²) in [7, 11) is 0. The first-order chi connectivity index (χ1) is 33.5. The van der Waals surface area contributed by atoms with Gasteiger partial charge in [0.2, 0.25) is 11.8 Å². The summed E-state index contributed by atoms with van der Waals surface area (Å²) < 4.78 is 14.0. The van der Waals surface area contributed by atoms with Gasteiger partial charge in [0.05, 0.1) is 5.56 Å². The number of ether oxygens (including phenoxy) is 2. The molecule has 0 radical (unpaired) electrons. The van der Waals surface area contributed by atoms with E-state index in [-0.39, 0.29) is 65.1 Å². The normalized spacial score (nSPS) is 16.4. The van der Waals surface area contributed by atoms with Crippen LogP contribution in [0.25, 0.3) is 10.9 Å². The van der Waals surface area contributed by atoms with Crippen LogP contribution in [-0.4, -0.2) is 70.1 Å². The second kappa shape index (κ2) is 19.9. The van der Waals surface area contributed by atoms with Crippen molar-refractivity contribution in [2.45, 2.75) is 89.8 Å². The average Bonchev–Trinajstić information content (AvgIpc) is 3.86. The lowest BCUT2D eigenvalue weighted by atomic mass is 9.77. The quantitative estimate of drug-likeness (QED) is 0.0468. The molecule has 1 fully saturated rings. The number of nitrogens with zero attached hydrogens (tertiary/aromatic N) is 2. The number of amides is 4. The van der Waals surface area contributed by atoms with Gasteiger partial charge in [0.1, 0.15) is 35.2 Å². The number of phenols is 2. The highest BCUT2D eigenvalue weighted by atomic mass is 16.6. The van der Waals surface area contributed by atoms with E-state index in [0.29, 0.717) is 78.8 Å². The molecular formula is C55H57N5O9. The van der Waals surface area contributed by atoms with Crippen LogP contribution in [0.4, 0.5) is 5.69 Å². The number of benzene rings is 5. The molecule has 1 saturated carbocycles. The molecule has 1 aliphatic carbocycles. The van der Waals surface area contributed by atoms with Gasteiger partial charge >= 0.3 is 5.97 Å². The monoisotopic (exact) mass is 931 g/mol. The summed E-state index contributed by atoms with van der Waals surface area (Å²) in [4.78, 5) is 69.3. The molecule has 3 heterocycles. The maximum atomic E-state index is 13.9. The van der Waals surface area contributed by atoms with E-state index in [1.807, 2.05) is 60.0 Å². The fraction of sp³-hybridized carbons (Fsp3) is 0.327. The molecule has 3 aliphatic rings. The summed E-state index contributed by atoms with van der Waals surface area (Å²) in [6.07, 6.45) is 6.80. The zero-order valence-electron chi connectivity index (χ0n) is 38.9. The molecule has 0 bridgehead atoms. The Morgan fingerprint density at radius 2 is 1.42 bits per heavy atom. The predicted molar refractivity (Wildman–Crippen MR) is 261 cm³/mol. The van der Waals surface area contributed by atoms with E-state index in [0.717, 1.165) is 54.3 Å². The van der Waals surface area contributed by atoms with Crippen molar-refractivity contribution >= 4 is 46.2 Å². The molecule has 0 unspecified atom stereocenters. The number of aromatic hydroxyl groups is 2. The number of aromatic nitrogens is 1. The van der Waals surface area contributed by atoms with Gasteiger partial charge in [-0.25, -0.2) is 4.79 Å². The van der Waals surface area contributed by atoms with Crippen molar-refractivity contribution in [3.63, 3.8) is 0 Å². The third-order valence-electron chi connectivity index (χ3n) is 13.7. The smallest absolute Gasteiger partial charge is 0.340 e. The summed E-state index contributed by atoms with van der Waals surface area (Å²) in [6.45, 7) is 5.56. The minimum atomic E-state index is -1.46. The first-order valence-electron chi connectivity index (χ1n) is 24.0. The molecule has 5 aromatic carbocycles. The molecule has 6 aromatic rings. The van der Waals surface area contributed by atoms with Crippen LogP contribution in [-0.2, 0) is 32.9 Å². The Hall–Kier alpha value is -7.61. The molecule has 4 amide bonds.